The van der Waals surface area contributed by atoms with Gasteiger partial charge < -0.3 is 15.2 Å². The van der Waals surface area contributed by atoms with Crippen molar-refractivity contribution >= 4 is 0 Å². The molecule has 0 saturated heterocycles. The molecule has 0 heterocycles. The Bertz CT molecular complexity index is 528. The highest BCUT2D eigenvalue weighted by Crippen LogP contribution is 2.21. The van der Waals surface area contributed by atoms with E-state index in [0.29, 0.717) is 6.61 Å². The second kappa shape index (κ2) is 7.08. The van der Waals surface area contributed by atoms with E-state index < -0.39 is 0 Å². The van der Waals surface area contributed by atoms with Gasteiger partial charge in [-0.1, -0.05) is 42.5 Å². The molecular formula is C17H21NO2. The molecule has 0 bridgehead atoms. The molecule has 2 unspecified atom stereocenters. The molecule has 20 heavy (non-hydrogen) atoms. The average Bonchev–Trinajstić information content (AvgIpc) is 2.48. The highest BCUT2D eigenvalue weighted by molar-refractivity contribution is 5.29. The fraction of sp³-hybridized carbons (Fsp3) is 0.294. The van der Waals surface area contributed by atoms with Crippen LogP contribution in [0.15, 0.2) is 54.6 Å². The Labute approximate surface area is 120 Å². The van der Waals surface area contributed by atoms with Crippen LogP contribution in [0.1, 0.15) is 24.1 Å². The normalized spacial score (nSPS) is 13.8. The summed E-state index contributed by atoms with van der Waals surface area (Å²) in [5.74, 6) is 0.818. The van der Waals surface area contributed by atoms with Crippen LogP contribution in [0.5, 0.6) is 5.75 Å². The second-order valence-corrected chi connectivity index (χ2v) is 4.84. The van der Waals surface area contributed by atoms with E-state index in [1.807, 2.05) is 61.5 Å². The summed E-state index contributed by atoms with van der Waals surface area (Å²) in [6.45, 7) is 2.57. The maximum Gasteiger partial charge on any atom is 0.120 e. The zero-order valence-electron chi connectivity index (χ0n) is 12.0. The van der Waals surface area contributed by atoms with Crippen molar-refractivity contribution < 1.29 is 9.47 Å². The molecule has 0 aliphatic heterocycles. The van der Waals surface area contributed by atoms with E-state index in [2.05, 4.69) is 0 Å². The maximum atomic E-state index is 6.23. The van der Waals surface area contributed by atoms with Crippen LogP contribution in [-0.4, -0.2) is 13.2 Å². The van der Waals surface area contributed by atoms with Crippen LogP contribution in [0, 0.1) is 0 Å². The summed E-state index contributed by atoms with van der Waals surface area (Å²) in [7, 11) is 1.68. The van der Waals surface area contributed by atoms with Crippen molar-refractivity contribution in [2.24, 2.45) is 5.73 Å². The van der Waals surface area contributed by atoms with Crippen molar-refractivity contribution in [3.63, 3.8) is 0 Å². The van der Waals surface area contributed by atoms with Crippen LogP contribution in [0.25, 0.3) is 0 Å². The molecule has 106 valence electrons. The molecule has 0 fully saturated rings. The number of benzene rings is 2. The van der Waals surface area contributed by atoms with Crippen LogP contribution in [0.4, 0.5) is 0 Å². The van der Waals surface area contributed by atoms with E-state index in [4.69, 9.17) is 15.2 Å². The van der Waals surface area contributed by atoms with Gasteiger partial charge in [-0.3, -0.25) is 0 Å². The van der Waals surface area contributed by atoms with Crippen LogP contribution in [-0.2, 0) is 11.3 Å². The summed E-state index contributed by atoms with van der Waals surface area (Å²) < 4.78 is 11.1. The minimum Gasteiger partial charge on any atom is -0.489 e. The molecule has 2 aromatic rings. The molecule has 0 radical (unpaired) electrons. The number of methoxy groups -OCH3 is 1. The number of hydrogen-bond donors (Lipinski definition) is 1. The lowest BCUT2D eigenvalue weighted by Crippen LogP contribution is -2.28. The van der Waals surface area contributed by atoms with Gasteiger partial charge >= 0.3 is 0 Å². The van der Waals surface area contributed by atoms with E-state index in [0.717, 1.165) is 16.9 Å². The van der Waals surface area contributed by atoms with Gasteiger partial charge in [0.2, 0.25) is 0 Å². The van der Waals surface area contributed by atoms with Gasteiger partial charge in [-0.2, -0.15) is 0 Å². The molecule has 0 spiro atoms. The first-order valence-electron chi connectivity index (χ1n) is 6.76. The van der Waals surface area contributed by atoms with Crippen molar-refractivity contribution in [1.29, 1.82) is 0 Å². The smallest absolute Gasteiger partial charge is 0.120 e. The van der Waals surface area contributed by atoms with Crippen molar-refractivity contribution in [2.75, 3.05) is 7.11 Å². The van der Waals surface area contributed by atoms with Crippen molar-refractivity contribution in [3.8, 4) is 5.75 Å². The lowest BCUT2D eigenvalue weighted by atomic mass is 10.0. The fourth-order valence-corrected chi connectivity index (χ4v) is 2.11. The van der Waals surface area contributed by atoms with E-state index in [1.165, 1.54) is 0 Å². The Morgan fingerprint density at radius 2 is 1.80 bits per heavy atom. The molecular weight excluding hydrogens is 250 g/mol. The standard InChI is InChI=1S/C17H21NO2/c1-13(17(18)15-8-4-3-5-9-15)20-16-10-6-7-14(11-16)12-19-2/h3-11,13,17H,12,18H2,1-2H3. The summed E-state index contributed by atoms with van der Waals surface area (Å²) in [6.07, 6.45) is -0.102. The molecule has 0 saturated carbocycles. The zero-order valence-corrected chi connectivity index (χ0v) is 12.0. The van der Waals surface area contributed by atoms with Gasteiger partial charge in [0.25, 0.3) is 0 Å². The molecule has 0 aromatic heterocycles. The Morgan fingerprint density at radius 3 is 2.50 bits per heavy atom. The molecule has 0 aliphatic carbocycles. The highest BCUT2D eigenvalue weighted by Gasteiger charge is 2.16. The highest BCUT2D eigenvalue weighted by atomic mass is 16.5. The largest absolute Gasteiger partial charge is 0.489 e. The van der Waals surface area contributed by atoms with Crippen molar-refractivity contribution in [3.05, 3.63) is 65.7 Å². The molecule has 0 aliphatic rings. The molecule has 2 N–H and O–H groups in total. The topological polar surface area (TPSA) is 44.5 Å². The lowest BCUT2D eigenvalue weighted by Gasteiger charge is -2.22. The van der Waals surface area contributed by atoms with Crippen LogP contribution >= 0.6 is 0 Å². The van der Waals surface area contributed by atoms with Gasteiger partial charge in [0.1, 0.15) is 11.9 Å². The second-order valence-electron chi connectivity index (χ2n) is 4.84. The quantitative estimate of drug-likeness (QED) is 0.876. The van der Waals surface area contributed by atoms with E-state index >= 15 is 0 Å². The molecule has 2 rings (SSSR count). The van der Waals surface area contributed by atoms with Crippen LogP contribution in [0.3, 0.4) is 0 Å². The summed E-state index contributed by atoms with van der Waals surface area (Å²) in [5.41, 5.74) is 8.40. The van der Waals surface area contributed by atoms with Gasteiger partial charge in [-0.05, 0) is 30.2 Å². The van der Waals surface area contributed by atoms with Gasteiger partial charge in [0, 0.05) is 7.11 Å². The molecule has 2 aromatic carbocycles. The molecule has 3 heteroatoms. The number of rotatable bonds is 6. The number of hydrogen-bond acceptors (Lipinski definition) is 3. The van der Waals surface area contributed by atoms with E-state index in [-0.39, 0.29) is 12.1 Å². The fourth-order valence-electron chi connectivity index (χ4n) is 2.11. The summed E-state index contributed by atoms with van der Waals surface area (Å²) in [6, 6.07) is 17.7. The predicted octanol–water partition coefficient (Wildman–Crippen LogP) is 3.30. The molecule has 0 amide bonds. The van der Waals surface area contributed by atoms with Gasteiger partial charge in [-0.25, -0.2) is 0 Å². The Hall–Kier alpha value is -1.84. The Kier molecular flexibility index (Phi) is 5.16. The first kappa shape index (κ1) is 14.6. The SMILES string of the molecule is COCc1cccc(OC(C)C(N)c2ccccc2)c1. The van der Waals surface area contributed by atoms with Gasteiger partial charge in [0.05, 0.1) is 12.6 Å². The van der Waals surface area contributed by atoms with E-state index in [1.54, 1.807) is 7.11 Å². The van der Waals surface area contributed by atoms with Crippen LogP contribution < -0.4 is 10.5 Å². The third kappa shape index (κ3) is 3.83. The third-order valence-corrected chi connectivity index (χ3v) is 3.22. The zero-order chi connectivity index (χ0) is 14.4. The minimum absolute atomic E-state index is 0.102. The van der Waals surface area contributed by atoms with Crippen molar-refractivity contribution in [2.45, 2.75) is 25.7 Å². The van der Waals surface area contributed by atoms with Gasteiger partial charge in [0.15, 0.2) is 0 Å². The minimum atomic E-state index is -0.151. The maximum absolute atomic E-state index is 6.23. The molecule has 2 atom stereocenters. The summed E-state index contributed by atoms with van der Waals surface area (Å²) in [4.78, 5) is 0. The Balaban J connectivity index is 2.04. The first-order valence-corrected chi connectivity index (χ1v) is 6.76. The number of nitrogens with two attached hydrogens (primary N) is 1. The monoisotopic (exact) mass is 271 g/mol. The third-order valence-electron chi connectivity index (χ3n) is 3.22. The average molecular weight is 271 g/mol. The Morgan fingerprint density at radius 1 is 1.05 bits per heavy atom. The first-order chi connectivity index (χ1) is 9.70. The predicted molar refractivity (Wildman–Crippen MR) is 80.6 cm³/mol. The summed E-state index contributed by atoms with van der Waals surface area (Å²) >= 11 is 0. The number of ether oxygens (including phenoxy) is 2. The van der Waals surface area contributed by atoms with Crippen molar-refractivity contribution in [1.82, 2.24) is 0 Å². The van der Waals surface area contributed by atoms with Crippen LogP contribution in [0.2, 0.25) is 0 Å². The summed E-state index contributed by atoms with van der Waals surface area (Å²) in [5, 5.41) is 0. The van der Waals surface area contributed by atoms with E-state index in [9.17, 15) is 0 Å². The molecule has 3 nitrogen and oxygen atoms in total. The lowest BCUT2D eigenvalue weighted by molar-refractivity contribution is 0.179. The van der Waals surface area contributed by atoms with Gasteiger partial charge in [-0.15, -0.1) is 0 Å².